The van der Waals surface area contributed by atoms with Crippen LogP contribution < -0.4 is 17.0 Å². The lowest BCUT2D eigenvalue weighted by molar-refractivity contribution is -0.911. The molecular weight excluding hydrogens is 390 g/mol. The molecule has 1 aliphatic rings. The largest absolute Gasteiger partial charge is 1.00 e. The van der Waals surface area contributed by atoms with Crippen molar-refractivity contribution in [2.24, 2.45) is 0 Å². The fraction of sp³-hybridized carbons (Fsp3) is 1.00. The lowest BCUT2D eigenvalue weighted by atomic mass is 10.0. The minimum Gasteiger partial charge on any atom is -1.00 e. The molecule has 4 heteroatoms. The zero-order chi connectivity index (χ0) is 18.4. The van der Waals surface area contributed by atoms with Crippen LogP contribution >= 0.6 is 0 Å². The van der Waals surface area contributed by atoms with Crippen LogP contribution in [0, 0.1) is 0 Å². The standard InChI is InChI=1S/C22H46NO2.BrH/c1-4-5-6-7-8-9-10-11-12-13-14-15-16-17-18-22(24)21-23(2,3)19-20-25-22;/h24H,4-21H2,1-3H3;1H/q+1;/p-1. The average molecular weight is 437 g/mol. The number of quaternary nitrogens is 1. The Kier molecular flexibility index (Phi) is 15.5. The van der Waals surface area contributed by atoms with Crippen LogP contribution in [0.4, 0.5) is 0 Å². The van der Waals surface area contributed by atoms with E-state index in [4.69, 9.17) is 4.74 Å². The van der Waals surface area contributed by atoms with Gasteiger partial charge < -0.3 is 31.3 Å². The molecule has 0 bridgehead atoms. The fourth-order valence-electron chi connectivity index (χ4n) is 4.02. The normalized spacial score (nSPS) is 22.2. The molecule has 158 valence electrons. The predicted molar refractivity (Wildman–Crippen MR) is 108 cm³/mol. The van der Waals surface area contributed by atoms with Crippen molar-refractivity contribution in [2.45, 2.75) is 109 Å². The highest BCUT2D eigenvalue weighted by molar-refractivity contribution is 4.70. The van der Waals surface area contributed by atoms with E-state index in [-0.39, 0.29) is 17.0 Å². The summed E-state index contributed by atoms with van der Waals surface area (Å²) in [5, 5.41) is 10.6. The van der Waals surface area contributed by atoms with Crippen LogP contribution in [0.1, 0.15) is 103 Å². The first-order chi connectivity index (χ1) is 12.0. The van der Waals surface area contributed by atoms with Crippen molar-refractivity contribution in [3.05, 3.63) is 0 Å². The minimum absolute atomic E-state index is 0. The van der Waals surface area contributed by atoms with E-state index < -0.39 is 5.79 Å². The summed E-state index contributed by atoms with van der Waals surface area (Å²) in [6.45, 7) is 4.69. The van der Waals surface area contributed by atoms with Crippen LogP contribution in [0.15, 0.2) is 0 Å². The SMILES string of the molecule is CCCCCCCCCCCCCCCCC1(O)C[N+](C)(C)CCO1.[Br-]. The maximum Gasteiger partial charge on any atom is 0.216 e. The van der Waals surface area contributed by atoms with E-state index >= 15 is 0 Å². The number of halogens is 1. The lowest BCUT2D eigenvalue weighted by Gasteiger charge is -2.42. The summed E-state index contributed by atoms with van der Waals surface area (Å²) in [5.74, 6) is -0.876. The van der Waals surface area contributed by atoms with Gasteiger partial charge >= 0.3 is 0 Å². The number of ether oxygens (including phenoxy) is 1. The van der Waals surface area contributed by atoms with Gasteiger partial charge in [0.1, 0.15) is 13.1 Å². The number of aliphatic hydroxyl groups is 1. The fourth-order valence-corrected chi connectivity index (χ4v) is 4.02. The van der Waals surface area contributed by atoms with E-state index in [0.717, 1.165) is 30.4 Å². The molecular formula is C22H46BrNO2. The van der Waals surface area contributed by atoms with Crippen molar-refractivity contribution in [1.82, 2.24) is 0 Å². The third-order valence-electron chi connectivity index (χ3n) is 5.66. The minimum atomic E-state index is -0.876. The molecule has 0 aromatic carbocycles. The van der Waals surface area contributed by atoms with Gasteiger partial charge in [0.05, 0.1) is 20.7 Å². The predicted octanol–water partition coefficient (Wildman–Crippen LogP) is 2.66. The number of hydrogen-bond acceptors (Lipinski definition) is 2. The number of morpholine rings is 1. The van der Waals surface area contributed by atoms with E-state index in [1.54, 1.807) is 0 Å². The number of likely N-dealkylation sites (N-methyl/N-ethyl adjacent to an activating group) is 1. The Hall–Kier alpha value is 0.360. The quantitative estimate of drug-likeness (QED) is 0.316. The smallest absolute Gasteiger partial charge is 0.216 e. The van der Waals surface area contributed by atoms with Gasteiger partial charge in [0.25, 0.3) is 0 Å². The first kappa shape index (κ1) is 26.4. The number of unbranched alkanes of at least 4 members (excludes halogenated alkanes) is 13. The molecule has 1 saturated heterocycles. The molecule has 0 aliphatic carbocycles. The maximum atomic E-state index is 10.6. The zero-order valence-electron chi connectivity index (χ0n) is 17.9. The van der Waals surface area contributed by atoms with Gasteiger partial charge in [-0.05, 0) is 6.42 Å². The number of hydrogen-bond donors (Lipinski definition) is 1. The summed E-state index contributed by atoms with van der Waals surface area (Å²) < 4.78 is 6.52. The van der Waals surface area contributed by atoms with Gasteiger partial charge in [-0.25, -0.2) is 0 Å². The van der Waals surface area contributed by atoms with Crippen molar-refractivity contribution in [3.63, 3.8) is 0 Å². The van der Waals surface area contributed by atoms with Crippen LogP contribution in [0.5, 0.6) is 0 Å². The molecule has 1 aliphatic heterocycles. The molecule has 0 saturated carbocycles. The van der Waals surface area contributed by atoms with Gasteiger partial charge in [-0.2, -0.15) is 0 Å². The Morgan fingerprint density at radius 2 is 1.19 bits per heavy atom. The van der Waals surface area contributed by atoms with Crippen LogP contribution in [-0.4, -0.2) is 49.2 Å². The summed E-state index contributed by atoms with van der Waals surface area (Å²) in [4.78, 5) is 0. The molecule has 1 heterocycles. The molecule has 0 radical (unpaired) electrons. The molecule has 26 heavy (non-hydrogen) atoms. The van der Waals surface area contributed by atoms with E-state index in [0.29, 0.717) is 6.61 Å². The van der Waals surface area contributed by atoms with Crippen LogP contribution in [0.2, 0.25) is 0 Å². The second-order valence-electron chi connectivity index (χ2n) is 8.96. The first-order valence-electron chi connectivity index (χ1n) is 11.2. The monoisotopic (exact) mass is 435 g/mol. The Labute approximate surface area is 174 Å². The van der Waals surface area contributed by atoms with Gasteiger partial charge in [0.15, 0.2) is 0 Å². The lowest BCUT2D eigenvalue weighted by Crippen LogP contribution is -3.00. The molecule has 0 amide bonds. The van der Waals surface area contributed by atoms with Crippen molar-refractivity contribution < 1.29 is 31.3 Å². The zero-order valence-corrected chi connectivity index (χ0v) is 19.5. The van der Waals surface area contributed by atoms with E-state index in [9.17, 15) is 5.11 Å². The highest BCUT2D eigenvalue weighted by Gasteiger charge is 2.39. The molecule has 1 atom stereocenters. The third-order valence-corrected chi connectivity index (χ3v) is 5.66. The van der Waals surface area contributed by atoms with Crippen molar-refractivity contribution in [3.8, 4) is 0 Å². The van der Waals surface area contributed by atoms with Crippen molar-refractivity contribution >= 4 is 0 Å². The van der Waals surface area contributed by atoms with E-state index in [1.165, 1.54) is 83.5 Å². The summed E-state index contributed by atoms with van der Waals surface area (Å²) in [6.07, 6.45) is 20.0. The molecule has 0 aromatic rings. The van der Waals surface area contributed by atoms with Crippen molar-refractivity contribution in [2.75, 3.05) is 33.8 Å². The molecule has 1 N–H and O–H groups in total. The number of nitrogens with zero attached hydrogens (tertiary/aromatic N) is 1. The van der Waals surface area contributed by atoms with Gasteiger partial charge in [-0.3, -0.25) is 0 Å². The molecule has 0 aromatic heterocycles. The van der Waals surface area contributed by atoms with Gasteiger partial charge in [-0.1, -0.05) is 90.4 Å². The van der Waals surface area contributed by atoms with Gasteiger partial charge in [-0.15, -0.1) is 0 Å². The molecule has 3 nitrogen and oxygen atoms in total. The Morgan fingerprint density at radius 3 is 1.62 bits per heavy atom. The van der Waals surface area contributed by atoms with Crippen molar-refractivity contribution in [1.29, 1.82) is 0 Å². The molecule has 1 rings (SSSR count). The number of rotatable bonds is 15. The second kappa shape index (κ2) is 15.3. The second-order valence-corrected chi connectivity index (χ2v) is 8.96. The van der Waals surface area contributed by atoms with Gasteiger partial charge in [0, 0.05) is 6.42 Å². The van der Waals surface area contributed by atoms with Crippen LogP contribution in [-0.2, 0) is 4.74 Å². The van der Waals surface area contributed by atoms with E-state index in [1.807, 2.05) is 0 Å². The van der Waals surface area contributed by atoms with Crippen LogP contribution in [0.25, 0.3) is 0 Å². The summed E-state index contributed by atoms with van der Waals surface area (Å²) in [6, 6.07) is 0. The maximum absolute atomic E-state index is 10.6. The molecule has 1 unspecified atom stereocenters. The average Bonchev–Trinajstić information content (AvgIpc) is 2.54. The first-order valence-corrected chi connectivity index (χ1v) is 11.2. The summed E-state index contributed by atoms with van der Waals surface area (Å²) in [7, 11) is 4.36. The highest BCUT2D eigenvalue weighted by Crippen LogP contribution is 2.24. The summed E-state index contributed by atoms with van der Waals surface area (Å²) in [5.41, 5.74) is 0. The third kappa shape index (κ3) is 13.5. The Balaban J connectivity index is 0.00000625. The molecule has 1 fully saturated rings. The summed E-state index contributed by atoms with van der Waals surface area (Å²) >= 11 is 0. The van der Waals surface area contributed by atoms with Crippen LogP contribution in [0.3, 0.4) is 0 Å². The Morgan fingerprint density at radius 1 is 0.769 bits per heavy atom. The highest BCUT2D eigenvalue weighted by atomic mass is 79.9. The molecule has 0 spiro atoms. The van der Waals surface area contributed by atoms with Gasteiger partial charge in [0.2, 0.25) is 5.79 Å². The van der Waals surface area contributed by atoms with E-state index in [2.05, 4.69) is 21.0 Å². The topological polar surface area (TPSA) is 29.5 Å². The Bertz CT molecular complexity index is 325.